The Morgan fingerprint density at radius 3 is 2.72 bits per heavy atom. The van der Waals surface area contributed by atoms with Gasteiger partial charge in [-0.15, -0.1) is 5.10 Å². The lowest BCUT2D eigenvalue weighted by molar-refractivity contribution is -0.137. The number of rotatable bonds is 4. The van der Waals surface area contributed by atoms with E-state index in [1.165, 1.54) is 17.1 Å². The molecule has 0 aliphatic carbocycles. The number of hydrogen-bond donors (Lipinski definition) is 1. The van der Waals surface area contributed by atoms with Gasteiger partial charge in [0.2, 0.25) is 0 Å². The Labute approximate surface area is 167 Å². The Bertz CT molecular complexity index is 1120. The lowest BCUT2D eigenvalue weighted by Gasteiger charge is -2.10. The molecule has 0 fully saturated rings. The minimum Gasteiger partial charge on any atom is -0.345 e. The van der Waals surface area contributed by atoms with E-state index in [1.807, 2.05) is 6.07 Å². The molecule has 0 saturated carbocycles. The first-order valence-electron chi connectivity index (χ1n) is 7.98. The summed E-state index contributed by atoms with van der Waals surface area (Å²) in [7, 11) is 0. The van der Waals surface area contributed by atoms with Crippen LogP contribution in [0.5, 0.6) is 0 Å². The van der Waals surface area contributed by atoms with Gasteiger partial charge in [-0.2, -0.15) is 23.1 Å². The molecule has 8 nitrogen and oxygen atoms in total. The molecule has 1 N–H and O–H groups in total. The fourth-order valence-corrected chi connectivity index (χ4v) is 2.66. The second-order valence-electron chi connectivity index (χ2n) is 5.77. The lowest BCUT2D eigenvalue weighted by atomic mass is 10.1. The highest BCUT2D eigenvalue weighted by Gasteiger charge is 2.31. The maximum atomic E-state index is 12.9. The van der Waals surface area contributed by atoms with Crippen LogP contribution >= 0.6 is 11.6 Å². The van der Waals surface area contributed by atoms with Crippen LogP contribution in [0.4, 0.5) is 13.2 Å². The summed E-state index contributed by atoms with van der Waals surface area (Å²) in [5, 5.41) is 15.4. The molecule has 29 heavy (non-hydrogen) atoms. The summed E-state index contributed by atoms with van der Waals surface area (Å²) in [5.41, 5.74) is -1.17. The second-order valence-corrected chi connectivity index (χ2v) is 6.21. The highest BCUT2D eigenvalue weighted by molar-refractivity contribution is 6.31. The van der Waals surface area contributed by atoms with E-state index >= 15 is 0 Å². The van der Waals surface area contributed by atoms with E-state index in [0.717, 1.165) is 12.1 Å². The first-order valence-corrected chi connectivity index (χ1v) is 8.36. The van der Waals surface area contributed by atoms with Gasteiger partial charge in [-0.3, -0.25) is 4.79 Å². The van der Waals surface area contributed by atoms with Gasteiger partial charge in [-0.25, -0.2) is 15.0 Å². The van der Waals surface area contributed by atoms with Crippen LogP contribution in [0.25, 0.3) is 5.82 Å². The van der Waals surface area contributed by atoms with Crippen molar-refractivity contribution in [3.63, 3.8) is 0 Å². The number of nitriles is 1. The number of carbonyl (C=O) groups is 1. The number of amides is 1. The van der Waals surface area contributed by atoms with Crippen LogP contribution in [0.1, 0.15) is 33.3 Å². The van der Waals surface area contributed by atoms with Gasteiger partial charge in [0.25, 0.3) is 5.91 Å². The van der Waals surface area contributed by atoms with Crippen molar-refractivity contribution < 1.29 is 18.0 Å². The van der Waals surface area contributed by atoms with Gasteiger partial charge in [0.05, 0.1) is 12.1 Å². The average molecular weight is 422 g/mol. The molecule has 0 unspecified atom stereocenters. The first-order chi connectivity index (χ1) is 13.7. The van der Waals surface area contributed by atoms with E-state index in [-0.39, 0.29) is 34.5 Å². The van der Waals surface area contributed by atoms with Crippen LogP contribution in [0, 0.1) is 18.3 Å². The summed E-state index contributed by atoms with van der Waals surface area (Å²) in [6.45, 7) is 1.46. The molecule has 0 saturated heterocycles. The third kappa shape index (κ3) is 4.67. The third-order valence-electron chi connectivity index (χ3n) is 3.66. The van der Waals surface area contributed by atoms with Crippen LogP contribution in [-0.4, -0.2) is 30.6 Å². The maximum Gasteiger partial charge on any atom is 0.416 e. The second kappa shape index (κ2) is 7.84. The molecule has 0 spiro atoms. The molecule has 1 amide bonds. The number of alkyl halides is 3. The van der Waals surface area contributed by atoms with Crippen molar-refractivity contribution in [1.82, 2.24) is 30.0 Å². The highest BCUT2D eigenvalue weighted by atomic mass is 35.5. The lowest BCUT2D eigenvalue weighted by Crippen LogP contribution is -2.25. The zero-order valence-corrected chi connectivity index (χ0v) is 15.5. The molecular weight excluding hydrogens is 411 g/mol. The van der Waals surface area contributed by atoms with Crippen LogP contribution < -0.4 is 5.32 Å². The standard InChI is InChI=1S/C17H11ClF3N7O/c1-9-26-15(28(27-9)14-5-13(6-22)24-8-25-14)7-23-16(29)10-2-11(17(19,20)21)4-12(18)3-10/h2-5,8H,7H2,1H3,(H,23,29). The Morgan fingerprint density at radius 1 is 1.28 bits per heavy atom. The van der Waals surface area contributed by atoms with Gasteiger partial charge in [0.15, 0.2) is 11.6 Å². The topological polar surface area (TPSA) is 109 Å². The van der Waals surface area contributed by atoms with E-state index in [9.17, 15) is 18.0 Å². The Balaban J connectivity index is 1.83. The molecule has 3 rings (SSSR count). The Morgan fingerprint density at radius 2 is 2.03 bits per heavy atom. The van der Waals surface area contributed by atoms with Gasteiger partial charge < -0.3 is 5.32 Å². The van der Waals surface area contributed by atoms with E-state index in [4.69, 9.17) is 16.9 Å². The van der Waals surface area contributed by atoms with Gasteiger partial charge in [0.1, 0.15) is 23.9 Å². The average Bonchev–Trinajstić information content (AvgIpc) is 3.05. The summed E-state index contributed by atoms with van der Waals surface area (Å²) in [4.78, 5) is 24.3. The summed E-state index contributed by atoms with van der Waals surface area (Å²) in [6, 6.07) is 5.83. The van der Waals surface area contributed by atoms with Crippen molar-refractivity contribution in [1.29, 1.82) is 5.26 Å². The van der Waals surface area contributed by atoms with Crippen molar-refractivity contribution in [2.45, 2.75) is 19.6 Å². The summed E-state index contributed by atoms with van der Waals surface area (Å²) in [6.07, 6.45) is -3.46. The molecule has 0 aliphatic rings. The third-order valence-corrected chi connectivity index (χ3v) is 3.88. The molecule has 1 aromatic carbocycles. The smallest absolute Gasteiger partial charge is 0.345 e. The minimum atomic E-state index is -4.64. The molecule has 3 aromatic rings. The Hall–Kier alpha value is -3.52. The molecule has 0 radical (unpaired) electrons. The number of hydrogen-bond acceptors (Lipinski definition) is 6. The summed E-state index contributed by atoms with van der Waals surface area (Å²) < 4.78 is 40.1. The van der Waals surface area contributed by atoms with E-state index < -0.39 is 17.6 Å². The van der Waals surface area contributed by atoms with Crippen molar-refractivity contribution in [3.05, 3.63) is 64.1 Å². The van der Waals surface area contributed by atoms with Crippen LogP contribution in [-0.2, 0) is 12.7 Å². The fraction of sp³-hybridized carbons (Fsp3) is 0.176. The van der Waals surface area contributed by atoms with Crippen molar-refractivity contribution in [2.24, 2.45) is 0 Å². The minimum absolute atomic E-state index is 0.108. The molecule has 0 bridgehead atoms. The predicted molar refractivity (Wildman–Crippen MR) is 94.0 cm³/mol. The first kappa shape index (κ1) is 20.2. The van der Waals surface area contributed by atoms with Crippen molar-refractivity contribution in [2.75, 3.05) is 0 Å². The summed E-state index contributed by atoms with van der Waals surface area (Å²) in [5.74, 6) is 0.110. The number of halogens is 4. The fourth-order valence-electron chi connectivity index (χ4n) is 2.43. The van der Waals surface area contributed by atoms with Gasteiger partial charge in [-0.05, 0) is 25.1 Å². The molecule has 2 aromatic heterocycles. The number of aromatic nitrogens is 5. The van der Waals surface area contributed by atoms with E-state index in [0.29, 0.717) is 11.9 Å². The van der Waals surface area contributed by atoms with Gasteiger partial charge in [0, 0.05) is 16.7 Å². The molecule has 12 heteroatoms. The number of benzene rings is 1. The van der Waals surface area contributed by atoms with E-state index in [2.05, 4.69) is 25.4 Å². The monoisotopic (exact) mass is 421 g/mol. The molecular formula is C17H11ClF3N7O. The molecule has 2 heterocycles. The molecule has 0 aliphatic heterocycles. The van der Waals surface area contributed by atoms with Crippen molar-refractivity contribution in [3.8, 4) is 11.9 Å². The van der Waals surface area contributed by atoms with Crippen molar-refractivity contribution >= 4 is 17.5 Å². The molecule has 148 valence electrons. The largest absolute Gasteiger partial charge is 0.416 e. The number of nitrogens with zero attached hydrogens (tertiary/aromatic N) is 6. The zero-order valence-electron chi connectivity index (χ0n) is 14.7. The van der Waals surface area contributed by atoms with Crippen LogP contribution in [0.15, 0.2) is 30.6 Å². The Kier molecular flexibility index (Phi) is 5.47. The summed E-state index contributed by atoms with van der Waals surface area (Å²) >= 11 is 5.71. The SMILES string of the molecule is Cc1nc(CNC(=O)c2cc(Cl)cc(C(F)(F)F)c2)n(-c2cc(C#N)ncn2)n1. The normalized spacial score (nSPS) is 11.2. The maximum absolute atomic E-state index is 12.9. The quantitative estimate of drug-likeness (QED) is 0.693. The van der Waals surface area contributed by atoms with E-state index in [1.54, 1.807) is 6.92 Å². The van der Waals surface area contributed by atoms with Gasteiger partial charge in [-0.1, -0.05) is 11.6 Å². The van der Waals surface area contributed by atoms with Gasteiger partial charge >= 0.3 is 6.18 Å². The zero-order chi connectivity index (χ0) is 21.2. The van der Waals surface area contributed by atoms with Crippen LogP contribution in [0.3, 0.4) is 0 Å². The highest BCUT2D eigenvalue weighted by Crippen LogP contribution is 2.31. The van der Waals surface area contributed by atoms with Crippen LogP contribution in [0.2, 0.25) is 5.02 Å². The predicted octanol–water partition coefficient (Wildman–Crippen LogP) is 2.84. The number of aryl methyl sites for hydroxylation is 1. The molecule has 0 atom stereocenters. The number of nitrogens with one attached hydrogen (secondary N) is 1. The number of carbonyl (C=O) groups excluding carboxylic acids is 1.